The molecule has 2 fully saturated rings. The first kappa shape index (κ1) is 14.3. The molecular formula is C20H23N3O. The number of aromatic nitrogens is 2. The van der Waals surface area contributed by atoms with Gasteiger partial charge < -0.3 is 9.72 Å². The van der Waals surface area contributed by atoms with Gasteiger partial charge in [-0.05, 0) is 61.0 Å². The van der Waals surface area contributed by atoms with Gasteiger partial charge in [0.25, 0.3) is 0 Å². The fraction of sp³-hybridized carbons (Fsp3) is 0.500. The van der Waals surface area contributed by atoms with Crippen molar-refractivity contribution < 1.29 is 4.79 Å². The van der Waals surface area contributed by atoms with Crippen LogP contribution in [0.1, 0.15) is 30.5 Å². The largest absolute Gasteiger partial charge is 0.355 e. The number of nitrogens with zero attached hydrogens (tertiary/aromatic N) is 2. The fourth-order valence-electron chi connectivity index (χ4n) is 5.16. The van der Waals surface area contributed by atoms with Crippen molar-refractivity contribution in [1.82, 2.24) is 14.7 Å². The van der Waals surface area contributed by atoms with E-state index in [1.807, 2.05) is 35.9 Å². The van der Waals surface area contributed by atoms with Crippen LogP contribution in [-0.4, -0.2) is 21.8 Å². The van der Waals surface area contributed by atoms with E-state index in [2.05, 4.69) is 22.5 Å². The van der Waals surface area contributed by atoms with E-state index in [4.69, 9.17) is 0 Å². The molecule has 4 heteroatoms. The molecule has 1 N–H and O–H groups in total. The zero-order valence-corrected chi connectivity index (χ0v) is 14.0. The number of nitrogens with one attached hydrogen (secondary N) is 1. The molecule has 2 saturated carbocycles. The Morgan fingerprint density at radius 2 is 2.29 bits per heavy atom. The summed E-state index contributed by atoms with van der Waals surface area (Å²) in [6.45, 7) is 2.87. The molecule has 3 aliphatic carbocycles. The Labute approximate surface area is 142 Å². The van der Waals surface area contributed by atoms with E-state index in [-0.39, 0.29) is 5.91 Å². The number of aryl methyl sites for hydroxylation is 1. The summed E-state index contributed by atoms with van der Waals surface area (Å²) in [7, 11) is 0. The molecule has 0 aliphatic heterocycles. The average Bonchev–Trinajstić information content (AvgIpc) is 3.07. The minimum Gasteiger partial charge on any atom is -0.355 e. The topological polar surface area (TPSA) is 46.4 Å². The number of pyridine rings is 1. The lowest BCUT2D eigenvalue weighted by molar-refractivity contribution is -0.120. The Morgan fingerprint density at radius 3 is 3.08 bits per heavy atom. The predicted octanol–water partition coefficient (Wildman–Crippen LogP) is 2.90. The summed E-state index contributed by atoms with van der Waals surface area (Å²) >= 11 is 0. The third-order valence-electron chi connectivity index (χ3n) is 6.56. The van der Waals surface area contributed by atoms with Gasteiger partial charge in [0.1, 0.15) is 5.65 Å². The van der Waals surface area contributed by atoms with Crippen LogP contribution in [0, 0.1) is 30.1 Å². The molecule has 124 valence electrons. The van der Waals surface area contributed by atoms with E-state index >= 15 is 0 Å². The number of rotatable bonds is 4. The molecule has 5 rings (SSSR count). The van der Waals surface area contributed by atoms with E-state index in [0.29, 0.717) is 23.7 Å². The van der Waals surface area contributed by atoms with Crippen LogP contribution < -0.4 is 5.32 Å². The second-order valence-electron chi connectivity index (χ2n) is 7.86. The van der Waals surface area contributed by atoms with Crippen LogP contribution in [0.2, 0.25) is 0 Å². The SMILES string of the molecule is Cc1cccn2c(CC(=O)NC[C@H]3C[C@H]4C=C[C@H]3C43CC3)cnc12. The highest BCUT2D eigenvalue weighted by Gasteiger charge is 2.62. The highest BCUT2D eigenvalue weighted by atomic mass is 16.1. The smallest absolute Gasteiger partial charge is 0.226 e. The summed E-state index contributed by atoms with van der Waals surface area (Å²) in [6.07, 6.45) is 13.1. The van der Waals surface area contributed by atoms with Crippen molar-refractivity contribution in [2.45, 2.75) is 32.6 Å². The molecule has 24 heavy (non-hydrogen) atoms. The Bertz CT molecular complexity index is 846. The lowest BCUT2D eigenvalue weighted by Crippen LogP contribution is -2.32. The number of fused-ring (bicyclic) bond motifs is 1. The molecule has 3 atom stereocenters. The van der Waals surface area contributed by atoms with Crippen molar-refractivity contribution in [3.05, 3.63) is 47.9 Å². The first-order valence-corrected chi connectivity index (χ1v) is 9.04. The van der Waals surface area contributed by atoms with Gasteiger partial charge in [0.05, 0.1) is 12.1 Å². The third kappa shape index (κ3) is 1.98. The van der Waals surface area contributed by atoms with Gasteiger partial charge in [-0.2, -0.15) is 0 Å². The average molecular weight is 321 g/mol. The summed E-state index contributed by atoms with van der Waals surface area (Å²) in [5, 5.41) is 3.18. The van der Waals surface area contributed by atoms with Crippen molar-refractivity contribution in [2.24, 2.45) is 23.2 Å². The van der Waals surface area contributed by atoms with Gasteiger partial charge in [0.15, 0.2) is 0 Å². The maximum atomic E-state index is 12.4. The van der Waals surface area contributed by atoms with Crippen LogP contribution in [-0.2, 0) is 11.2 Å². The highest BCUT2D eigenvalue weighted by Crippen LogP contribution is 2.69. The second kappa shape index (κ2) is 4.95. The molecule has 1 amide bonds. The summed E-state index contributed by atoms with van der Waals surface area (Å²) in [5.74, 6) is 2.23. The minimum absolute atomic E-state index is 0.106. The Hall–Kier alpha value is -2.10. The van der Waals surface area contributed by atoms with Crippen molar-refractivity contribution in [2.75, 3.05) is 6.54 Å². The monoisotopic (exact) mass is 321 g/mol. The van der Waals surface area contributed by atoms with Gasteiger partial charge in [-0.3, -0.25) is 4.79 Å². The normalized spacial score (nSPS) is 28.8. The summed E-state index contributed by atoms with van der Waals surface area (Å²) in [6, 6.07) is 4.05. The maximum Gasteiger partial charge on any atom is 0.226 e. The Morgan fingerprint density at radius 1 is 1.42 bits per heavy atom. The van der Waals surface area contributed by atoms with Gasteiger partial charge >= 0.3 is 0 Å². The molecule has 0 saturated heterocycles. The van der Waals surface area contributed by atoms with Crippen LogP contribution >= 0.6 is 0 Å². The lowest BCUT2D eigenvalue weighted by Gasteiger charge is -2.20. The Kier molecular flexibility index (Phi) is 2.94. The highest BCUT2D eigenvalue weighted by molar-refractivity contribution is 5.78. The molecule has 0 unspecified atom stereocenters. The summed E-state index contributed by atoms with van der Waals surface area (Å²) in [4.78, 5) is 16.8. The molecule has 4 nitrogen and oxygen atoms in total. The van der Waals surface area contributed by atoms with E-state index in [1.165, 1.54) is 19.3 Å². The number of carbonyl (C=O) groups is 1. The van der Waals surface area contributed by atoms with E-state index < -0.39 is 0 Å². The van der Waals surface area contributed by atoms with Crippen molar-refractivity contribution in [1.29, 1.82) is 0 Å². The van der Waals surface area contributed by atoms with Crippen LogP contribution in [0.25, 0.3) is 5.65 Å². The summed E-state index contributed by atoms with van der Waals surface area (Å²) in [5.41, 5.74) is 3.63. The van der Waals surface area contributed by atoms with Crippen molar-refractivity contribution >= 4 is 11.6 Å². The molecule has 0 radical (unpaired) electrons. The quantitative estimate of drug-likeness (QED) is 0.880. The molecule has 3 aliphatic rings. The molecule has 2 heterocycles. The number of carbonyl (C=O) groups excluding carboxylic acids is 1. The molecule has 2 aromatic heterocycles. The van der Waals surface area contributed by atoms with E-state index in [1.54, 1.807) is 0 Å². The van der Waals surface area contributed by atoms with Crippen LogP contribution in [0.5, 0.6) is 0 Å². The van der Waals surface area contributed by atoms with Crippen molar-refractivity contribution in [3.63, 3.8) is 0 Å². The van der Waals surface area contributed by atoms with Gasteiger partial charge in [0.2, 0.25) is 5.91 Å². The molecule has 1 spiro atoms. The first-order chi connectivity index (χ1) is 11.7. The van der Waals surface area contributed by atoms with Crippen LogP contribution in [0.4, 0.5) is 0 Å². The third-order valence-corrected chi connectivity index (χ3v) is 6.56. The number of allylic oxidation sites excluding steroid dienone is 2. The second-order valence-corrected chi connectivity index (χ2v) is 7.86. The zero-order valence-electron chi connectivity index (χ0n) is 14.0. The predicted molar refractivity (Wildman–Crippen MR) is 92.5 cm³/mol. The fourth-order valence-corrected chi connectivity index (χ4v) is 5.16. The van der Waals surface area contributed by atoms with Crippen LogP contribution in [0.15, 0.2) is 36.7 Å². The number of hydrogen-bond acceptors (Lipinski definition) is 2. The minimum atomic E-state index is 0.106. The van der Waals surface area contributed by atoms with Crippen LogP contribution in [0.3, 0.4) is 0 Å². The lowest BCUT2D eigenvalue weighted by atomic mass is 9.89. The van der Waals surface area contributed by atoms with Gasteiger partial charge in [0, 0.05) is 18.9 Å². The molecule has 2 bridgehead atoms. The Balaban J connectivity index is 1.24. The number of imidazole rings is 1. The zero-order chi connectivity index (χ0) is 16.3. The van der Waals surface area contributed by atoms with Gasteiger partial charge in [-0.15, -0.1) is 0 Å². The summed E-state index contributed by atoms with van der Waals surface area (Å²) < 4.78 is 2.02. The van der Waals surface area contributed by atoms with Gasteiger partial charge in [-0.25, -0.2) is 4.98 Å². The first-order valence-electron chi connectivity index (χ1n) is 9.04. The molecular weight excluding hydrogens is 298 g/mol. The van der Waals surface area contributed by atoms with E-state index in [9.17, 15) is 4.79 Å². The standard InChI is InChI=1S/C20H23N3O/c1-13-3-2-8-23-16(12-22-19(13)23)10-18(24)21-11-14-9-15-4-5-17(14)20(15)6-7-20/h2-5,8,12,14-15,17H,6-7,9-11H2,1H3,(H,21,24)/t14-,15-,17-/m1/s1. The van der Waals surface area contributed by atoms with Crippen molar-refractivity contribution in [3.8, 4) is 0 Å². The maximum absolute atomic E-state index is 12.4. The van der Waals surface area contributed by atoms with E-state index in [0.717, 1.165) is 29.4 Å². The number of hydrogen-bond donors (Lipinski definition) is 1. The number of amides is 1. The molecule has 0 aromatic carbocycles. The molecule has 2 aromatic rings. The van der Waals surface area contributed by atoms with Gasteiger partial charge in [-0.1, -0.05) is 18.2 Å².